The highest BCUT2D eigenvalue weighted by molar-refractivity contribution is 6.01. The Kier molecular flexibility index (Phi) is 4.80. The molecule has 1 heterocycles. The van der Waals surface area contributed by atoms with Crippen LogP contribution < -0.4 is 10.5 Å². The second kappa shape index (κ2) is 7.92. The average Bonchev–Trinajstić information content (AvgIpc) is 3.25. The van der Waals surface area contributed by atoms with Crippen LogP contribution in [0.4, 0.5) is 5.69 Å². The van der Waals surface area contributed by atoms with Gasteiger partial charge in [0.05, 0.1) is 16.8 Å². The Hall–Kier alpha value is -4.58. The van der Waals surface area contributed by atoms with Gasteiger partial charge in [-0.3, -0.25) is 0 Å². The van der Waals surface area contributed by atoms with E-state index >= 15 is 0 Å². The lowest BCUT2D eigenvalue weighted by Crippen LogP contribution is -1.96. The molecule has 0 atom stereocenters. The third kappa shape index (κ3) is 3.65. The number of aromatic amines is 1. The highest BCUT2D eigenvalue weighted by atomic mass is 16.5. The van der Waals surface area contributed by atoms with E-state index in [4.69, 9.17) is 10.5 Å². The van der Waals surface area contributed by atoms with Gasteiger partial charge in [0.25, 0.3) is 0 Å². The van der Waals surface area contributed by atoms with Crippen molar-refractivity contribution in [3.8, 4) is 34.0 Å². The third-order valence-electron chi connectivity index (χ3n) is 5.24. The first-order valence-corrected chi connectivity index (χ1v) is 10.0. The molecule has 0 saturated carbocycles. The van der Waals surface area contributed by atoms with Crippen molar-refractivity contribution in [2.75, 3.05) is 5.73 Å². The number of carboxylic acids is 1. The molecule has 0 unspecified atom stereocenters. The maximum atomic E-state index is 11.4. The Labute approximate surface area is 183 Å². The number of benzene rings is 4. The number of carbonyl (C=O) groups is 1. The summed E-state index contributed by atoms with van der Waals surface area (Å²) in [5, 5.41) is 9.37. The quantitative estimate of drug-likeness (QED) is 0.304. The first-order valence-electron chi connectivity index (χ1n) is 10.0. The topological polar surface area (TPSA) is 101 Å². The van der Waals surface area contributed by atoms with Crippen LogP contribution in [0.5, 0.6) is 11.5 Å². The number of nitrogen functional groups attached to an aromatic ring is 1. The van der Waals surface area contributed by atoms with Crippen LogP contribution in [0.25, 0.3) is 33.5 Å². The van der Waals surface area contributed by atoms with E-state index in [9.17, 15) is 9.90 Å². The molecule has 1 aromatic heterocycles. The van der Waals surface area contributed by atoms with Crippen molar-refractivity contribution < 1.29 is 14.6 Å². The van der Waals surface area contributed by atoms with E-state index in [1.807, 2.05) is 72.8 Å². The van der Waals surface area contributed by atoms with E-state index in [1.54, 1.807) is 18.2 Å². The average molecular weight is 421 g/mol. The van der Waals surface area contributed by atoms with Crippen LogP contribution >= 0.6 is 0 Å². The highest BCUT2D eigenvalue weighted by Crippen LogP contribution is 2.30. The smallest absolute Gasteiger partial charge is 0.337 e. The lowest BCUT2D eigenvalue weighted by Gasteiger charge is -2.09. The predicted octanol–water partition coefficient (Wildman–Crippen LogP) is 5.97. The lowest BCUT2D eigenvalue weighted by atomic mass is 10.0. The van der Waals surface area contributed by atoms with Crippen molar-refractivity contribution in [2.45, 2.75) is 0 Å². The van der Waals surface area contributed by atoms with Gasteiger partial charge in [-0.25, -0.2) is 9.78 Å². The van der Waals surface area contributed by atoms with Gasteiger partial charge in [-0.1, -0.05) is 54.6 Å². The standard InChI is InChI=1S/C26H19N3O3/c27-21-5-1-2-7-23(21)32-19-14-12-17(13-15-19)16-8-10-18(11-9-16)25-28-22-6-3-4-20(26(30)31)24(22)29-25/h1-15H,27H2,(H,28,29)(H,30,31). The van der Waals surface area contributed by atoms with Gasteiger partial charge in [0.1, 0.15) is 22.8 Å². The summed E-state index contributed by atoms with van der Waals surface area (Å²) < 4.78 is 5.85. The van der Waals surface area contributed by atoms with Crippen LogP contribution in [0.2, 0.25) is 0 Å². The van der Waals surface area contributed by atoms with Crippen LogP contribution in [0.15, 0.2) is 91.0 Å². The minimum Gasteiger partial charge on any atom is -0.478 e. The van der Waals surface area contributed by atoms with Gasteiger partial charge in [0.2, 0.25) is 0 Å². The zero-order chi connectivity index (χ0) is 22.1. The summed E-state index contributed by atoms with van der Waals surface area (Å²) in [6.45, 7) is 0. The number of nitrogens with one attached hydrogen (secondary N) is 1. The molecule has 5 rings (SSSR count). The van der Waals surface area contributed by atoms with Crippen molar-refractivity contribution in [3.05, 3.63) is 96.6 Å². The molecule has 4 aromatic carbocycles. The number of rotatable bonds is 5. The number of fused-ring (bicyclic) bond motifs is 1. The number of hydrogen-bond acceptors (Lipinski definition) is 4. The molecule has 6 heteroatoms. The van der Waals surface area contributed by atoms with Crippen LogP contribution in [-0.2, 0) is 0 Å². The number of aromatic carboxylic acids is 1. The fourth-order valence-electron chi connectivity index (χ4n) is 3.58. The fraction of sp³-hybridized carbons (Fsp3) is 0. The molecule has 0 radical (unpaired) electrons. The van der Waals surface area contributed by atoms with Gasteiger partial charge in [-0.05, 0) is 47.5 Å². The number of ether oxygens (including phenoxy) is 1. The number of imidazole rings is 1. The van der Waals surface area contributed by atoms with Gasteiger partial charge in [0.15, 0.2) is 0 Å². The number of carboxylic acid groups (broad SMARTS) is 1. The Morgan fingerprint density at radius 2 is 1.47 bits per heavy atom. The Morgan fingerprint density at radius 3 is 2.16 bits per heavy atom. The van der Waals surface area contributed by atoms with Crippen LogP contribution in [-0.4, -0.2) is 21.0 Å². The van der Waals surface area contributed by atoms with E-state index in [0.29, 0.717) is 34.0 Å². The number of para-hydroxylation sites is 3. The molecule has 0 bridgehead atoms. The van der Waals surface area contributed by atoms with Crippen molar-refractivity contribution in [2.24, 2.45) is 0 Å². The number of nitrogens with zero attached hydrogens (tertiary/aromatic N) is 1. The van der Waals surface area contributed by atoms with Crippen molar-refractivity contribution in [1.29, 1.82) is 0 Å². The maximum absolute atomic E-state index is 11.4. The number of aromatic nitrogens is 2. The minimum atomic E-state index is -0.994. The summed E-state index contributed by atoms with van der Waals surface area (Å²) in [7, 11) is 0. The lowest BCUT2D eigenvalue weighted by molar-refractivity contribution is 0.0699. The molecular weight excluding hydrogens is 402 g/mol. The molecular formula is C26H19N3O3. The largest absolute Gasteiger partial charge is 0.478 e. The van der Waals surface area contributed by atoms with Crippen molar-refractivity contribution in [3.63, 3.8) is 0 Å². The zero-order valence-corrected chi connectivity index (χ0v) is 16.9. The minimum absolute atomic E-state index is 0.182. The van der Waals surface area contributed by atoms with E-state index in [-0.39, 0.29) is 5.56 Å². The molecule has 0 spiro atoms. The summed E-state index contributed by atoms with van der Waals surface area (Å²) in [5.74, 6) is 0.970. The van der Waals surface area contributed by atoms with Crippen LogP contribution in [0.1, 0.15) is 10.4 Å². The normalized spacial score (nSPS) is 10.9. The highest BCUT2D eigenvalue weighted by Gasteiger charge is 2.13. The van der Waals surface area contributed by atoms with Gasteiger partial charge in [-0.15, -0.1) is 0 Å². The molecule has 0 amide bonds. The first-order chi connectivity index (χ1) is 15.6. The summed E-state index contributed by atoms with van der Waals surface area (Å²) >= 11 is 0. The van der Waals surface area contributed by atoms with Crippen LogP contribution in [0, 0.1) is 0 Å². The van der Waals surface area contributed by atoms with E-state index in [2.05, 4.69) is 9.97 Å². The van der Waals surface area contributed by atoms with Crippen molar-refractivity contribution in [1.82, 2.24) is 9.97 Å². The molecule has 0 fully saturated rings. The summed E-state index contributed by atoms with van der Waals surface area (Å²) in [6, 6.07) is 28.2. The second-order valence-electron chi connectivity index (χ2n) is 7.33. The number of nitrogens with two attached hydrogens (primary N) is 1. The van der Waals surface area contributed by atoms with E-state index in [0.717, 1.165) is 16.7 Å². The van der Waals surface area contributed by atoms with Gasteiger partial charge < -0.3 is 20.6 Å². The maximum Gasteiger partial charge on any atom is 0.337 e. The molecule has 0 aliphatic carbocycles. The molecule has 0 aliphatic rings. The predicted molar refractivity (Wildman–Crippen MR) is 125 cm³/mol. The molecule has 6 nitrogen and oxygen atoms in total. The monoisotopic (exact) mass is 421 g/mol. The Morgan fingerprint density at radius 1 is 0.812 bits per heavy atom. The number of hydrogen-bond donors (Lipinski definition) is 3. The molecule has 0 saturated heterocycles. The SMILES string of the molecule is Nc1ccccc1Oc1ccc(-c2ccc(-c3nc4c(C(=O)O)cccc4[nH]3)cc2)cc1. The third-order valence-corrected chi connectivity index (χ3v) is 5.24. The zero-order valence-electron chi connectivity index (χ0n) is 16.9. The summed E-state index contributed by atoms with van der Waals surface area (Å²) in [5.41, 5.74) is 10.8. The Balaban J connectivity index is 1.38. The van der Waals surface area contributed by atoms with E-state index < -0.39 is 5.97 Å². The van der Waals surface area contributed by atoms with Gasteiger partial charge >= 0.3 is 5.97 Å². The second-order valence-corrected chi connectivity index (χ2v) is 7.33. The molecule has 0 aliphatic heterocycles. The fourth-order valence-corrected chi connectivity index (χ4v) is 3.58. The van der Waals surface area contributed by atoms with E-state index in [1.165, 1.54) is 0 Å². The van der Waals surface area contributed by atoms with Gasteiger partial charge in [0, 0.05) is 5.56 Å². The number of anilines is 1. The van der Waals surface area contributed by atoms with Gasteiger partial charge in [-0.2, -0.15) is 0 Å². The van der Waals surface area contributed by atoms with Crippen molar-refractivity contribution >= 4 is 22.7 Å². The summed E-state index contributed by atoms with van der Waals surface area (Å²) in [6.07, 6.45) is 0. The summed E-state index contributed by atoms with van der Waals surface area (Å²) in [4.78, 5) is 19.1. The molecule has 4 N–H and O–H groups in total. The number of H-pyrrole nitrogens is 1. The first kappa shape index (κ1) is 19.4. The molecule has 5 aromatic rings. The molecule has 156 valence electrons. The van der Waals surface area contributed by atoms with Crippen LogP contribution in [0.3, 0.4) is 0 Å². The Bertz CT molecular complexity index is 1420. The molecule has 32 heavy (non-hydrogen) atoms.